The molecule has 1 saturated carbocycles. The Kier molecular flexibility index (Phi) is 2.44. The van der Waals surface area contributed by atoms with Crippen LogP contribution in [0.25, 0.3) is 0 Å². The van der Waals surface area contributed by atoms with Crippen LogP contribution >= 0.6 is 0 Å². The smallest absolute Gasteiger partial charge is 0.303 e. The summed E-state index contributed by atoms with van der Waals surface area (Å²) in [6.45, 7) is 2.40. The largest absolute Gasteiger partial charge is 0.481 e. The lowest BCUT2D eigenvalue weighted by Gasteiger charge is -2.59. The SMILES string of the molecule is CC(=O)N1CCC2CC1(CCC(=O)O)C2. The molecule has 84 valence electrons. The summed E-state index contributed by atoms with van der Waals surface area (Å²) < 4.78 is 0. The lowest BCUT2D eigenvalue weighted by molar-refractivity contribution is -0.155. The van der Waals surface area contributed by atoms with Crippen LogP contribution in [0.1, 0.15) is 39.0 Å². The molecule has 3 fully saturated rings. The van der Waals surface area contributed by atoms with Gasteiger partial charge in [0.05, 0.1) is 0 Å². The third-order valence-corrected chi connectivity index (χ3v) is 3.86. The number of fused-ring (bicyclic) bond motifs is 2. The molecule has 4 heteroatoms. The van der Waals surface area contributed by atoms with Crippen molar-refractivity contribution < 1.29 is 14.7 Å². The summed E-state index contributed by atoms with van der Waals surface area (Å²) in [5.41, 5.74) is -0.104. The van der Waals surface area contributed by atoms with Crippen LogP contribution in [0.3, 0.4) is 0 Å². The van der Waals surface area contributed by atoms with Crippen LogP contribution in [0.2, 0.25) is 0 Å². The van der Waals surface area contributed by atoms with Gasteiger partial charge in [-0.2, -0.15) is 0 Å². The van der Waals surface area contributed by atoms with Gasteiger partial charge in [-0.1, -0.05) is 0 Å². The number of aliphatic carboxylic acids is 1. The van der Waals surface area contributed by atoms with Gasteiger partial charge in [-0.05, 0) is 31.6 Å². The molecule has 4 nitrogen and oxygen atoms in total. The number of carboxylic acids is 1. The lowest BCUT2D eigenvalue weighted by atomic mass is 9.61. The van der Waals surface area contributed by atoms with Gasteiger partial charge >= 0.3 is 5.97 Å². The molecule has 0 aromatic rings. The Balaban J connectivity index is 2.04. The molecule has 2 aliphatic heterocycles. The molecule has 0 unspecified atom stereocenters. The number of carbonyl (C=O) groups is 2. The summed E-state index contributed by atoms with van der Waals surface area (Å²) in [5.74, 6) is 0.0647. The van der Waals surface area contributed by atoms with Crippen LogP contribution in [0.15, 0.2) is 0 Å². The maximum absolute atomic E-state index is 11.5. The number of carbonyl (C=O) groups excluding carboxylic acids is 1. The summed E-state index contributed by atoms with van der Waals surface area (Å²) in [7, 11) is 0. The highest BCUT2D eigenvalue weighted by molar-refractivity contribution is 5.75. The minimum absolute atomic E-state index is 0.0959. The van der Waals surface area contributed by atoms with Gasteiger partial charge in [-0.3, -0.25) is 9.59 Å². The Morgan fingerprint density at radius 3 is 2.67 bits per heavy atom. The molecule has 1 aliphatic carbocycles. The Hall–Kier alpha value is -1.06. The van der Waals surface area contributed by atoms with Crippen LogP contribution in [0, 0.1) is 5.92 Å². The zero-order valence-corrected chi connectivity index (χ0v) is 9.03. The van der Waals surface area contributed by atoms with E-state index in [1.165, 1.54) is 0 Å². The Bertz CT molecular complexity index is 294. The lowest BCUT2D eigenvalue weighted by Crippen LogP contribution is -2.63. The third kappa shape index (κ3) is 1.73. The summed E-state index contributed by atoms with van der Waals surface area (Å²) >= 11 is 0. The normalized spacial score (nSPS) is 33.4. The summed E-state index contributed by atoms with van der Waals surface area (Å²) in [6, 6.07) is 0. The van der Waals surface area contributed by atoms with E-state index in [0.29, 0.717) is 6.42 Å². The number of carboxylic acid groups (broad SMARTS) is 1. The van der Waals surface area contributed by atoms with E-state index in [9.17, 15) is 9.59 Å². The highest BCUT2D eigenvalue weighted by Crippen LogP contribution is 2.51. The second kappa shape index (κ2) is 3.51. The second-order valence-electron chi connectivity index (χ2n) is 4.85. The van der Waals surface area contributed by atoms with Crippen molar-refractivity contribution in [3.8, 4) is 0 Å². The Morgan fingerprint density at radius 2 is 2.13 bits per heavy atom. The second-order valence-corrected chi connectivity index (χ2v) is 4.85. The van der Waals surface area contributed by atoms with Gasteiger partial charge in [0.1, 0.15) is 0 Å². The molecule has 0 atom stereocenters. The van der Waals surface area contributed by atoms with Gasteiger partial charge in [0.15, 0.2) is 0 Å². The Labute approximate surface area is 89.3 Å². The number of hydrogen-bond donors (Lipinski definition) is 1. The molecule has 0 spiro atoms. The van der Waals surface area contributed by atoms with Gasteiger partial charge < -0.3 is 10.0 Å². The molecule has 2 saturated heterocycles. The number of rotatable bonds is 3. The van der Waals surface area contributed by atoms with Crippen LogP contribution in [0.4, 0.5) is 0 Å². The van der Waals surface area contributed by atoms with Gasteiger partial charge in [-0.15, -0.1) is 0 Å². The molecular weight excluding hydrogens is 194 g/mol. The van der Waals surface area contributed by atoms with Crippen molar-refractivity contribution in [2.75, 3.05) is 6.54 Å². The fourth-order valence-electron chi connectivity index (χ4n) is 3.16. The number of piperidine rings is 2. The summed E-state index contributed by atoms with van der Waals surface area (Å²) in [4.78, 5) is 23.9. The maximum Gasteiger partial charge on any atom is 0.303 e. The van der Waals surface area contributed by atoms with Crippen molar-refractivity contribution in [3.63, 3.8) is 0 Å². The van der Waals surface area contributed by atoms with E-state index >= 15 is 0 Å². The van der Waals surface area contributed by atoms with Crippen LogP contribution in [0.5, 0.6) is 0 Å². The third-order valence-electron chi connectivity index (χ3n) is 3.86. The van der Waals surface area contributed by atoms with E-state index in [0.717, 1.165) is 31.7 Å². The van der Waals surface area contributed by atoms with E-state index in [4.69, 9.17) is 5.11 Å². The van der Waals surface area contributed by atoms with E-state index in [1.807, 2.05) is 4.90 Å². The molecular formula is C11H17NO3. The minimum atomic E-state index is -0.762. The highest BCUT2D eigenvalue weighted by atomic mass is 16.4. The van der Waals surface area contributed by atoms with E-state index in [2.05, 4.69) is 0 Å². The monoisotopic (exact) mass is 211 g/mol. The molecule has 0 aromatic carbocycles. The minimum Gasteiger partial charge on any atom is -0.481 e. The first-order valence-electron chi connectivity index (χ1n) is 5.53. The first kappa shape index (κ1) is 10.5. The van der Waals surface area contributed by atoms with E-state index in [-0.39, 0.29) is 17.9 Å². The molecule has 2 bridgehead atoms. The first-order valence-corrected chi connectivity index (χ1v) is 5.53. The molecule has 2 heterocycles. The molecule has 3 aliphatic rings. The van der Waals surface area contributed by atoms with Crippen molar-refractivity contribution in [1.29, 1.82) is 0 Å². The molecule has 0 radical (unpaired) electrons. The topological polar surface area (TPSA) is 57.6 Å². The fraction of sp³-hybridized carbons (Fsp3) is 0.818. The van der Waals surface area contributed by atoms with Crippen molar-refractivity contribution >= 4 is 11.9 Å². The zero-order valence-electron chi connectivity index (χ0n) is 9.03. The predicted molar refractivity (Wildman–Crippen MR) is 54.3 cm³/mol. The zero-order chi connectivity index (χ0) is 11.1. The summed E-state index contributed by atoms with van der Waals surface area (Å²) in [6.07, 6.45) is 3.92. The average molecular weight is 211 g/mol. The highest BCUT2D eigenvalue weighted by Gasteiger charge is 2.52. The number of amides is 1. The molecule has 0 aromatic heterocycles. The molecule has 1 amide bonds. The fourth-order valence-corrected chi connectivity index (χ4v) is 3.16. The van der Waals surface area contributed by atoms with Gasteiger partial charge in [0.25, 0.3) is 0 Å². The standard InChI is InChI=1S/C11H17NO3/c1-8(13)12-5-3-9-6-11(12,7-9)4-2-10(14)15/h9H,2-7H2,1H3,(H,14,15). The summed E-state index contributed by atoms with van der Waals surface area (Å²) in [5, 5.41) is 8.70. The van der Waals surface area contributed by atoms with Crippen molar-refractivity contribution in [1.82, 2.24) is 4.90 Å². The van der Waals surface area contributed by atoms with Gasteiger partial charge in [0.2, 0.25) is 5.91 Å². The van der Waals surface area contributed by atoms with Gasteiger partial charge in [-0.25, -0.2) is 0 Å². The quantitative estimate of drug-likeness (QED) is 0.764. The first-order chi connectivity index (χ1) is 7.03. The number of hydrogen-bond acceptors (Lipinski definition) is 2. The molecule has 1 N–H and O–H groups in total. The van der Waals surface area contributed by atoms with Gasteiger partial charge in [0, 0.05) is 25.4 Å². The Morgan fingerprint density at radius 1 is 1.47 bits per heavy atom. The maximum atomic E-state index is 11.5. The van der Waals surface area contributed by atoms with E-state index in [1.54, 1.807) is 6.92 Å². The number of nitrogens with zero attached hydrogens (tertiary/aromatic N) is 1. The van der Waals surface area contributed by atoms with Crippen molar-refractivity contribution in [2.24, 2.45) is 5.92 Å². The van der Waals surface area contributed by atoms with Crippen molar-refractivity contribution in [2.45, 2.75) is 44.6 Å². The average Bonchev–Trinajstić information content (AvgIpc) is 2.13. The van der Waals surface area contributed by atoms with E-state index < -0.39 is 5.97 Å². The van der Waals surface area contributed by atoms with Crippen LogP contribution < -0.4 is 0 Å². The molecule has 3 rings (SSSR count). The molecule has 15 heavy (non-hydrogen) atoms. The predicted octanol–water partition coefficient (Wildman–Crippen LogP) is 1.25. The van der Waals surface area contributed by atoms with Crippen LogP contribution in [-0.4, -0.2) is 34.0 Å². The van der Waals surface area contributed by atoms with Crippen LogP contribution in [-0.2, 0) is 9.59 Å². The van der Waals surface area contributed by atoms with Crippen molar-refractivity contribution in [3.05, 3.63) is 0 Å².